The molecule has 1 aromatic rings. The number of anilines is 1. The van der Waals surface area contributed by atoms with Crippen LogP contribution in [-0.2, 0) is 20.0 Å². The van der Waals surface area contributed by atoms with Gasteiger partial charge in [0.25, 0.3) is 0 Å². The van der Waals surface area contributed by atoms with E-state index in [0.29, 0.717) is 12.3 Å². The van der Waals surface area contributed by atoms with Crippen molar-refractivity contribution >= 4 is 38.1 Å². The first kappa shape index (κ1) is 22.1. The Hall–Kier alpha value is -0.940. The molecule has 25 heavy (non-hydrogen) atoms. The molecule has 0 bridgehead atoms. The smallest absolute Gasteiger partial charge is 0.240 e. The van der Waals surface area contributed by atoms with Crippen LogP contribution in [0.25, 0.3) is 0 Å². The SMILES string of the molecule is CCS(=O)(=O)Nc1ccc(S(=O)(=O)NCCC2CCNC2)cc1F.Cl. The maximum Gasteiger partial charge on any atom is 0.240 e. The van der Waals surface area contributed by atoms with E-state index in [4.69, 9.17) is 0 Å². The molecule has 3 N–H and O–H groups in total. The van der Waals surface area contributed by atoms with Crippen molar-refractivity contribution in [1.82, 2.24) is 10.0 Å². The standard InChI is InChI=1S/C14H22FN3O4S2.ClH/c1-2-23(19,20)18-14-4-3-12(9-13(14)15)24(21,22)17-8-6-11-5-7-16-10-11;/h3-4,9,11,16-18H,2,5-8,10H2,1H3;1H. The lowest BCUT2D eigenvalue weighted by molar-refractivity contribution is 0.519. The summed E-state index contributed by atoms with van der Waals surface area (Å²) in [6.45, 7) is 3.52. The van der Waals surface area contributed by atoms with Crippen molar-refractivity contribution in [3.63, 3.8) is 0 Å². The maximum atomic E-state index is 14.0. The van der Waals surface area contributed by atoms with Crippen LogP contribution in [0.4, 0.5) is 10.1 Å². The zero-order valence-electron chi connectivity index (χ0n) is 13.8. The predicted molar refractivity (Wildman–Crippen MR) is 97.5 cm³/mol. The van der Waals surface area contributed by atoms with Gasteiger partial charge >= 0.3 is 0 Å². The molecule has 1 heterocycles. The molecule has 1 unspecified atom stereocenters. The van der Waals surface area contributed by atoms with Gasteiger partial charge in [-0.2, -0.15) is 0 Å². The Morgan fingerprint density at radius 1 is 1.28 bits per heavy atom. The van der Waals surface area contributed by atoms with Crippen LogP contribution in [0.2, 0.25) is 0 Å². The molecule has 1 saturated heterocycles. The second-order valence-corrected chi connectivity index (χ2v) is 9.47. The minimum atomic E-state index is -3.83. The first-order valence-electron chi connectivity index (χ1n) is 7.74. The van der Waals surface area contributed by atoms with Crippen molar-refractivity contribution in [3.8, 4) is 0 Å². The topological polar surface area (TPSA) is 104 Å². The van der Waals surface area contributed by atoms with E-state index in [-0.39, 0.29) is 35.3 Å². The van der Waals surface area contributed by atoms with E-state index in [1.807, 2.05) is 0 Å². The number of nitrogens with one attached hydrogen (secondary N) is 3. The van der Waals surface area contributed by atoms with Gasteiger partial charge in [-0.1, -0.05) is 0 Å². The van der Waals surface area contributed by atoms with Gasteiger partial charge < -0.3 is 5.32 Å². The molecular formula is C14H23ClFN3O4S2. The van der Waals surface area contributed by atoms with Crippen molar-refractivity contribution < 1.29 is 21.2 Å². The summed E-state index contributed by atoms with van der Waals surface area (Å²) in [6, 6.07) is 3.10. The van der Waals surface area contributed by atoms with Gasteiger partial charge in [0.1, 0.15) is 5.82 Å². The quantitative estimate of drug-likeness (QED) is 0.593. The predicted octanol–water partition coefficient (Wildman–Crippen LogP) is 1.29. The fraction of sp³-hybridized carbons (Fsp3) is 0.571. The monoisotopic (exact) mass is 415 g/mol. The average Bonchev–Trinajstić information content (AvgIpc) is 3.02. The van der Waals surface area contributed by atoms with E-state index >= 15 is 0 Å². The molecule has 1 aliphatic rings. The Labute approximate surface area is 154 Å². The van der Waals surface area contributed by atoms with Crippen molar-refractivity contribution in [2.75, 3.05) is 30.1 Å². The van der Waals surface area contributed by atoms with Gasteiger partial charge in [-0.15, -0.1) is 12.4 Å². The van der Waals surface area contributed by atoms with Crippen LogP contribution in [-0.4, -0.2) is 42.2 Å². The molecular weight excluding hydrogens is 393 g/mol. The molecule has 0 aliphatic carbocycles. The second-order valence-electron chi connectivity index (χ2n) is 5.69. The van der Waals surface area contributed by atoms with Gasteiger partial charge in [0, 0.05) is 6.54 Å². The summed E-state index contributed by atoms with van der Waals surface area (Å²) >= 11 is 0. The van der Waals surface area contributed by atoms with Gasteiger partial charge in [0.2, 0.25) is 20.0 Å². The molecule has 0 saturated carbocycles. The molecule has 1 aromatic carbocycles. The summed E-state index contributed by atoms with van der Waals surface area (Å²) in [5.74, 6) is -0.700. The minimum absolute atomic E-state index is 0. The van der Waals surface area contributed by atoms with Crippen LogP contribution in [0.5, 0.6) is 0 Å². The van der Waals surface area contributed by atoms with Crippen molar-refractivity contribution in [2.45, 2.75) is 24.7 Å². The van der Waals surface area contributed by atoms with Gasteiger partial charge in [-0.3, -0.25) is 4.72 Å². The van der Waals surface area contributed by atoms with Crippen LogP contribution in [0.3, 0.4) is 0 Å². The zero-order chi connectivity index (χ0) is 17.8. The minimum Gasteiger partial charge on any atom is -0.316 e. The molecule has 0 aromatic heterocycles. The summed E-state index contributed by atoms with van der Waals surface area (Å²) in [4.78, 5) is -0.232. The molecule has 0 radical (unpaired) electrons. The number of benzene rings is 1. The zero-order valence-corrected chi connectivity index (χ0v) is 16.2. The lowest BCUT2D eigenvalue weighted by atomic mass is 10.1. The molecule has 1 fully saturated rings. The highest BCUT2D eigenvalue weighted by atomic mass is 35.5. The molecule has 0 amide bonds. The van der Waals surface area contributed by atoms with Gasteiger partial charge in [-0.05, 0) is 57.0 Å². The number of rotatable bonds is 8. The van der Waals surface area contributed by atoms with E-state index in [1.165, 1.54) is 13.0 Å². The van der Waals surface area contributed by atoms with Gasteiger partial charge in [-0.25, -0.2) is 25.9 Å². The molecule has 2 rings (SSSR count). The number of halogens is 2. The lowest BCUT2D eigenvalue weighted by Crippen LogP contribution is -2.27. The highest BCUT2D eigenvalue weighted by molar-refractivity contribution is 7.92. The third-order valence-electron chi connectivity index (χ3n) is 3.90. The highest BCUT2D eigenvalue weighted by Gasteiger charge is 2.19. The van der Waals surface area contributed by atoms with Gasteiger partial charge in [0.05, 0.1) is 16.3 Å². The largest absolute Gasteiger partial charge is 0.316 e. The normalized spacial score (nSPS) is 17.9. The van der Waals surface area contributed by atoms with E-state index in [2.05, 4.69) is 14.8 Å². The van der Waals surface area contributed by atoms with Gasteiger partial charge in [0.15, 0.2) is 0 Å². The Kier molecular flexibility index (Phi) is 8.07. The lowest BCUT2D eigenvalue weighted by Gasteiger charge is -2.11. The second kappa shape index (κ2) is 9.13. The van der Waals surface area contributed by atoms with Crippen molar-refractivity contribution in [3.05, 3.63) is 24.0 Å². The first-order valence-corrected chi connectivity index (χ1v) is 10.9. The van der Waals surface area contributed by atoms with E-state index in [0.717, 1.165) is 31.6 Å². The Morgan fingerprint density at radius 3 is 2.56 bits per heavy atom. The third kappa shape index (κ3) is 6.37. The Bertz CT molecular complexity index is 781. The average molecular weight is 416 g/mol. The molecule has 1 atom stereocenters. The number of sulfonamides is 2. The molecule has 0 spiro atoms. The number of hydrogen-bond acceptors (Lipinski definition) is 5. The van der Waals surface area contributed by atoms with Crippen molar-refractivity contribution in [1.29, 1.82) is 0 Å². The Balaban J connectivity index is 0.00000312. The summed E-state index contributed by atoms with van der Waals surface area (Å²) in [5, 5.41) is 3.21. The van der Waals surface area contributed by atoms with E-state index in [1.54, 1.807) is 0 Å². The van der Waals surface area contributed by atoms with Crippen LogP contribution >= 0.6 is 12.4 Å². The molecule has 1 aliphatic heterocycles. The fourth-order valence-electron chi connectivity index (χ4n) is 2.43. The van der Waals surface area contributed by atoms with E-state index in [9.17, 15) is 21.2 Å². The van der Waals surface area contributed by atoms with E-state index < -0.39 is 25.9 Å². The Morgan fingerprint density at radius 2 is 2.00 bits per heavy atom. The molecule has 144 valence electrons. The van der Waals surface area contributed by atoms with Crippen LogP contribution in [0, 0.1) is 11.7 Å². The van der Waals surface area contributed by atoms with Crippen molar-refractivity contribution in [2.24, 2.45) is 5.92 Å². The molecule has 11 heteroatoms. The first-order chi connectivity index (χ1) is 11.2. The fourth-order valence-corrected chi connectivity index (χ4v) is 4.13. The summed E-state index contributed by atoms with van der Waals surface area (Å²) in [6.07, 6.45) is 1.73. The maximum absolute atomic E-state index is 14.0. The van der Waals surface area contributed by atoms with Crippen LogP contribution in [0.1, 0.15) is 19.8 Å². The highest BCUT2D eigenvalue weighted by Crippen LogP contribution is 2.20. The van der Waals surface area contributed by atoms with Crippen LogP contribution < -0.4 is 14.8 Å². The third-order valence-corrected chi connectivity index (χ3v) is 6.65. The number of hydrogen-bond donors (Lipinski definition) is 3. The summed E-state index contributed by atoms with van der Waals surface area (Å²) in [7, 11) is -7.46. The summed E-state index contributed by atoms with van der Waals surface area (Å²) in [5.41, 5.74) is -0.271. The van der Waals surface area contributed by atoms with Crippen LogP contribution in [0.15, 0.2) is 23.1 Å². The molecule has 7 nitrogen and oxygen atoms in total. The summed E-state index contributed by atoms with van der Waals surface area (Å²) < 4.78 is 65.8.